The third kappa shape index (κ3) is 4.40. The van der Waals surface area contributed by atoms with Gasteiger partial charge in [0.2, 0.25) is 0 Å². The smallest absolute Gasteiger partial charge is 0.260 e. The zero-order valence-corrected chi connectivity index (χ0v) is 18.8. The molecular weight excluding hydrogens is 416 g/mol. The van der Waals surface area contributed by atoms with Crippen molar-refractivity contribution >= 4 is 44.2 Å². The lowest BCUT2D eigenvalue weighted by atomic mass is 10.1. The van der Waals surface area contributed by atoms with E-state index in [-0.39, 0.29) is 5.91 Å². The molecule has 2 aromatic carbocycles. The van der Waals surface area contributed by atoms with Crippen LogP contribution in [-0.4, -0.2) is 27.0 Å². The van der Waals surface area contributed by atoms with E-state index in [2.05, 4.69) is 11.1 Å². The van der Waals surface area contributed by atoms with E-state index in [0.717, 1.165) is 39.9 Å². The van der Waals surface area contributed by atoms with Crippen molar-refractivity contribution < 1.29 is 4.79 Å². The first-order valence-electron chi connectivity index (χ1n) is 9.83. The molecule has 0 spiro atoms. The number of amides is 1. The first-order chi connectivity index (χ1) is 14.4. The molecule has 0 radical (unpaired) electrons. The van der Waals surface area contributed by atoms with Crippen molar-refractivity contribution in [3.05, 3.63) is 76.3 Å². The molecule has 7 heteroatoms. The van der Waals surface area contributed by atoms with Crippen LogP contribution < -0.4 is 4.90 Å². The summed E-state index contributed by atoms with van der Waals surface area (Å²) >= 11 is 7.74. The molecule has 4 rings (SSSR count). The van der Waals surface area contributed by atoms with Crippen molar-refractivity contribution in [3.63, 3.8) is 0 Å². The molecule has 0 saturated carbocycles. The lowest BCUT2D eigenvalue weighted by molar-refractivity contribution is 0.0986. The molecule has 30 heavy (non-hydrogen) atoms. The highest BCUT2D eigenvalue weighted by atomic mass is 35.5. The van der Waals surface area contributed by atoms with Crippen molar-refractivity contribution in [3.8, 4) is 0 Å². The van der Waals surface area contributed by atoms with Gasteiger partial charge in [0.05, 0.1) is 16.5 Å². The number of rotatable bonds is 6. The predicted molar refractivity (Wildman–Crippen MR) is 124 cm³/mol. The van der Waals surface area contributed by atoms with E-state index in [1.165, 1.54) is 11.3 Å². The highest BCUT2D eigenvalue weighted by Gasteiger charge is 2.22. The van der Waals surface area contributed by atoms with Gasteiger partial charge < -0.3 is 4.57 Å². The second-order valence-electron chi connectivity index (χ2n) is 7.55. The van der Waals surface area contributed by atoms with Crippen LogP contribution in [-0.2, 0) is 6.54 Å². The SMILES string of the molecule is Cc1cc(C)cc(C(=O)N(CCCn2ccnc2)c2nc3c(C)cc(Cl)cc3s2)c1. The van der Waals surface area contributed by atoms with Crippen LogP contribution in [0.25, 0.3) is 10.2 Å². The standard InChI is InChI=1S/C23H23ClN4OS/c1-15-9-16(2)11-18(10-15)22(29)28(7-4-6-27-8-5-25-14-27)23-26-21-17(3)12-19(24)13-20(21)30-23/h5,8-14H,4,6-7H2,1-3H3. The lowest BCUT2D eigenvalue weighted by Crippen LogP contribution is -2.32. The Kier molecular flexibility index (Phi) is 5.88. The van der Waals surface area contributed by atoms with E-state index in [1.807, 2.05) is 55.8 Å². The summed E-state index contributed by atoms with van der Waals surface area (Å²) in [5, 5.41) is 1.38. The minimum atomic E-state index is -0.0322. The third-order valence-electron chi connectivity index (χ3n) is 4.94. The first kappa shape index (κ1) is 20.6. The molecule has 4 aromatic rings. The number of nitrogens with zero attached hydrogens (tertiary/aromatic N) is 4. The maximum absolute atomic E-state index is 13.5. The molecule has 0 atom stereocenters. The molecule has 1 amide bonds. The van der Waals surface area contributed by atoms with Crippen LogP contribution in [0.2, 0.25) is 5.02 Å². The summed E-state index contributed by atoms with van der Waals surface area (Å²) in [6.07, 6.45) is 6.28. The largest absolute Gasteiger partial charge is 0.337 e. The van der Waals surface area contributed by atoms with Crippen LogP contribution in [0.15, 0.2) is 49.1 Å². The van der Waals surface area contributed by atoms with Gasteiger partial charge in [0.25, 0.3) is 5.91 Å². The van der Waals surface area contributed by atoms with Crippen LogP contribution in [0.5, 0.6) is 0 Å². The van der Waals surface area contributed by atoms with E-state index in [0.29, 0.717) is 22.3 Å². The molecule has 0 aliphatic heterocycles. The van der Waals surface area contributed by atoms with E-state index < -0.39 is 0 Å². The number of carbonyl (C=O) groups excluding carboxylic acids is 1. The fraction of sp³-hybridized carbons (Fsp3) is 0.261. The lowest BCUT2D eigenvalue weighted by Gasteiger charge is -2.20. The van der Waals surface area contributed by atoms with Gasteiger partial charge in [0.1, 0.15) is 0 Å². The Labute approximate surface area is 185 Å². The number of aryl methyl sites for hydroxylation is 4. The van der Waals surface area contributed by atoms with Crippen LogP contribution in [0.1, 0.15) is 33.5 Å². The molecule has 0 fully saturated rings. The molecule has 0 bridgehead atoms. The number of thiazole rings is 1. The van der Waals surface area contributed by atoms with E-state index >= 15 is 0 Å². The molecule has 0 unspecified atom stereocenters. The minimum Gasteiger partial charge on any atom is -0.337 e. The Balaban J connectivity index is 1.69. The number of hydrogen-bond acceptors (Lipinski definition) is 4. The Morgan fingerprint density at radius 1 is 1.13 bits per heavy atom. The van der Waals surface area contributed by atoms with Gasteiger partial charge >= 0.3 is 0 Å². The Morgan fingerprint density at radius 3 is 2.60 bits per heavy atom. The molecule has 0 aliphatic carbocycles. The van der Waals surface area contributed by atoms with Gasteiger partial charge in [-0.15, -0.1) is 0 Å². The first-order valence-corrected chi connectivity index (χ1v) is 11.0. The van der Waals surface area contributed by atoms with Crippen molar-refractivity contribution in [2.24, 2.45) is 0 Å². The van der Waals surface area contributed by atoms with Gasteiger partial charge in [-0.05, 0) is 57.0 Å². The van der Waals surface area contributed by atoms with Crippen LogP contribution in [0, 0.1) is 20.8 Å². The van der Waals surface area contributed by atoms with Crippen molar-refractivity contribution in [1.29, 1.82) is 0 Å². The second kappa shape index (κ2) is 8.58. The summed E-state index contributed by atoms with van der Waals surface area (Å²) in [4.78, 5) is 24.2. The summed E-state index contributed by atoms with van der Waals surface area (Å²) in [5.41, 5.74) is 4.74. The molecule has 0 saturated heterocycles. The number of anilines is 1. The van der Waals surface area contributed by atoms with Crippen LogP contribution >= 0.6 is 22.9 Å². The molecular formula is C23H23ClN4OS. The van der Waals surface area contributed by atoms with Gasteiger partial charge in [-0.25, -0.2) is 9.97 Å². The number of hydrogen-bond donors (Lipinski definition) is 0. The third-order valence-corrected chi connectivity index (χ3v) is 6.18. The quantitative estimate of drug-likeness (QED) is 0.381. The topological polar surface area (TPSA) is 51.0 Å². The summed E-state index contributed by atoms with van der Waals surface area (Å²) in [5.74, 6) is -0.0322. The Morgan fingerprint density at radius 2 is 1.90 bits per heavy atom. The average molecular weight is 439 g/mol. The van der Waals surface area contributed by atoms with E-state index in [9.17, 15) is 4.79 Å². The zero-order chi connectivity index (χ0) is 21.3. The van der Waals surface area contributed by atoms with Crippen LogP contribution in [0.3, 0.4) is 0 Å². The number of carbonyl (C=O) groups is 1. The number of benzene rings is 2. The van der Waals surface area contributed by atoms with Gasteiger partial charge in [-0.3, -0.25) is 9.69 Å². The summed E-state index contributed by atoms with van der Waals surface area (Å²) in [6, 6.07) is 9.77. The summed E-state index contributed by atoms with van der Waals surface area (Å²) in [7, 11) is 0. The average Bonchev–Trinajstić information content (AvgIpc) is 3.33. The molecule has 0 aliphatic rings. The molecule has 2 heterocycles. The van der Waals surface area contributed by atoms with Crippen molar-refractivity contribution in [2.45, 2.75) is 33.7 Å². The number of imidazole rings is 1. The maximum atomic E-state index is 13.5. The Bertz CT molecular complexity index is 1180. The summed E-state index contributed by atoms with van der Waals surface area (Å²) < 4.78 is 3.00. The fourth-order valence-corrected chi connectivity index (χ4v) is 5.07. The van der Waals surface area contributed by atoms with Crippen LogP contribution in [0.4, 0.5) is 5.13 Å². The molecule has 0 N–H and O–H groups in total. The molecule has 5 nitrogen and oxygen atoms in total. The fourth-order valence-electron chi connectivity index (χ4n) is 3.63. The molecule has 154 valence electrons. The van der Waals surface area contributed by atoms with Gasteiger partial charge in [-0.2, -0.15) is 0 Å². The number of aromatic nitrogens is 3. The van der Waals surface area contributed by atoms with Gasteiger partial charge in [0, 0.05) is 36.1 Å². The maximum Gasteiger partial charge on any atom is 0.260 e. The number of fused-ring (bicyclic) bond motifs is 1. The van der Waals surface area contributed by atoms with Gasteiger partial charge in [0.15, 0.2) is 5.13 Å². The monoisotopic (exact) mass is 438 g/mol. The minimum absolute atomic E-state index is 0.0322. The molecule has 2 aromatic heterocycles. The number of halogens is 1. The highest BCUT2D eigenvalue weighted by Crippen LogP contribution is 2.34. The van der Waals surface area contributed by atoms with Crippen molar-refractivity contribution in [2.75, 3.05) is 11.4 Å². The predicted octanol–water partition coefficient (Wildman–Crippen LogP) is 5.81. The van der Waals surface area contributed by atoms with E-state index in [4.69, 9.17) is 16.6 Å². The van der Waals surface area contributed by atoms with Gasteiger partial charge in [-0.1, -0.05) is 40.1 Å². The Hall–Kier alpha value is -2.70. The zero-order valence-electron chi connectivity index (χ0n) is 17.2. The van der Waals surface area contributed by atoms with Crippen molar-refractivity contribution in [1.82, 2.24) is 14.5 Å². The second-order valence-corrected chi connectivity index (χ2v) is 9.00. The summed E-state index contributed by atoms with van der Waals surface area (Å²) in [6.45, 7) is 7.36. The highest BCUT2D eigenvalue weighted by molar-refractivity contribution is 7.22. The van der Waals surface area contributed by atoms with E-state index in [1.54, 1.807) is 17.4 Å². The normalized spacial score (nSPS) is 11.2.